The normalized spacial score (nSPS) is 11.7. The van der Waals surface area contributed by atoms with Gasteiger partial charge in [0.15, 0.2) is 0 Å². The van der Waals surface area contributed by atoms with Crippen molar-refractivity contribution < 1.29 is 9.59 Å². The van der Waals surface area contributed by atoms with Crippen molar-refractivity contribution in [2.45, 2.75) is 32.9 Å². The molecule has 7 heteroatoms. The number of hydrogen-bond donors (Lipinski definition) is 1. The zero-order chi connectivity index (χ0) is 20.0. The molecule has 2 amide bonds. The molecule has 0 fully saturated rings. The van der Waals surface area contributed by atoms with Gasteiger partial charge in [-0.3, -0.25) is 9.59 Å². The van der Waals surface area contributed by atoms with Crippen molar-refractivity contribution >= 4 is 46.6 Å². The van der Waals surface area contributed by atoms with Crippen LogP contribution in [0, 0.1) is 0 Å². The summed E-state index contributed by atoms with van der Waals surface area (Å²) in [5.41, 5.74) is 1.42. The zero-order valence-electron chi connectivity index (χ0n) is 15.1. The van der Waals surface area contributed by atoms with Gasteiger partial charge in [0.05, 0.1) is 6.42 Å². The van der Waals surface area contributed by atoms with E-state index in [1.54, 1.807) is 43.3 Å². The maximum absolute atomic E-state index is 13.0. The van der Waals surface area contributed by atoms with E-state index in [-0.39, 0.29) is 24.8 Å². The highest BCUT2D eigenvalue weighted by molar-refractivity contribution is 6.35. The summed E-state index contributed by atoms with van der Waals surface area (Å²) in [7, 11) is 0. The van der Waals surface area contributed by atoms with E-state index in [4.69, 9.17) is 34.8 Å². The molecule has 2 aromatic rings. The molecule has 2 aromatic carbocycles. The minimum absolute atomic E-state index is 0.0919. The van der Waals surface area contributed by atoms with Crippen LogP contribution in [0.1, 0.15) is 25.0 Å². The molecule has 0 aromatic heterocycles. The van der Waals surface area contributed by atoms with Gasteiger partial charge in [-0.2, -0.15) is 0 Å². The highest BCUT2D eigenvalue weighted by atomic mass is 35.5. The smallest absolute Gasteiger partial charge is 0.242 e. The fraction of sp³-hybridized carbons (Fsp3) is 0.300. The average molecular weight is 428 g/mol. The lowest BCUT2D eigenvalue weighted by Gasteiger charge is -2.29. The van der Waals surface area contributed by atoms with Crippen LogP contribution < -0.4 is 5.32 Å². The first kappa shape index (κ1) is 21.5. The third kappa shape index (κ3) is 5.86. The van der Waals surface area contributed by atoms with E-state index in [1.807, 2.05) is 13.0 Å². The second kappa shape index (κ2) is 9.98. The number of carbonyl (C=O) groups is 2. The van der Waals surface area contributed by atoms with E-state index < -0.39 is 6.04 Å². The maximum atomic E-state index is 13.0. The van der Waals surface area contributed by atoms with Crippen molar-refractivity contribution in [1.82, 2.24) is 10.2 Å². The van der Waals surface area contributed by atoms with Crippen LogP contribution in [-0.4, -0.2) is 29.3 Å². The molecule has 0 aliphatic heterocycles. The quantitative estimate of drug-likeness (QED) is 0.693. The van der Waals surface area contributed by atoms with Crippen molar-refractivity contribution in [3.8, 4) is 0 Å². The number of hydrogen-bond acceptors (Lipinski definition) is 2. The molecule has 2 rings (SSSR count). The summed E-state index contributed by atoms with van der Waals surface area (Å²) in [6.07, 6.45) is 0.0919. The van der Waals surface area contributed by atoms with Gasteiger partial charge in [0.1, 0.15) is 6.04 Å². The van der Waals surface area contributed by atoms with E-state index in [9.17, 15) is 9.59 Å². The monoisotopic (exact) mass is 426 g/mol. The van der Waals surface area contributed by atoms with Gasteiger partial charge in [-0.1, -0.05) is 59.1 Å². The molecule has 0 aliphatic rings. The Kier molecular flexibility index (Phi) is 7.96. The Morgan fingerprint density at radius 2 is 1.74 bits per heavy atom. The predicted molar refractivity (Wildman–Crippen MR) is 110 cm³/mol. The largest absolute Gasteiger partial charge is 0.355 e. The SMILES string of the molecule is CCNC(=O)[C@H](C)N(Cc1ccc(Cl)cc1Cl)C(=O)Cc1ccccc1Cl. The summed E-state index contributed by atoms with van der Waals surface area (Å²) in [6, 6.07) is 11.6. The molecule has 0 spiro atoms. The number of nitrogens with zero attached hydrogens (tertiary/aromatic N) is 1. The Morgan fingerprint density at radius 1 is 1.04 bits per heavy atom. The number of likely N-dealkylation sites (N-methyl/N-ethyl adjacent to an activating group) is 1. The second-order valence-electron chi connectivity index (χ2n) is 6.10. The lowest BCUT2D eigenvalue weighted by molar-refractivity contribution is -0.140. The maximum Gasteiger partial charge on any atom is 0.242 e. The van der Waals surface area contributed by atoms with Crippen LogP contribution in [0.25, 0.3) is 0 Å². The number of nitrogens with one attached hydrogen (secondary N) is 1. The van der Waals surface area contributed by atoms with Gasteiger partial charge in [-0.15, -0.1) is 0 Å². The Morgan fingerprint density at radius 3 is 2.37 bits per heavy atom. The molecular formula is C20H21Cl3N2O2. The van der Waals surface area contributed by atoms with Crippen molar-refractivity contribution in [2.24, 2.45) is 0 Å². The second-order valence-corrected chi connectivity index (χ2v) is 7.35. The molecule has 0 saturated heterocycles. The molecule has 0 unspecified atom stereocenters. The predicted octanol–water partition coefficient (Wildman–Crippen LogP) is 4.74. The van der Waals surface area contributed by atoms with Gasteiger partial charge < -0.3 is 10.2 Å². The molecule has 0 aliphatic carbocycles. The molecule has 0 saturated carbocycles. The molecule has 0 heterocycles. The van der Waals surface area contributed by atoms with Crippen molar-refractivity contribution in [3.05, 3.63) is 68.7 Å². The Labute approximate surface area is 174 Å². The van der Waals surface area contributed by atoms with Gasteiger partial charge >= 0.3 is 0 Å². The van der Waals surface area contributed by atoms with Gasteiger partial charge in [-0.25, -0.2) is 0 Å². The van der Waals surface area contributed by atoms with Gasteiger partial charge in [-0.05, 0) is 43.2 Å². The number of amides is 2. The number of carbonyl (C=O) groups excluding carboxylic acids is 2. The van der Waals surface area contributed by atoms with Crippen molar-refractivity contribution in [1.29, 1.82) is 0 Å². The highest BCUT2D eigenvalue weighted by Gasteiger charge is 2.26. The highest BCUT2D eigenvalue weighted by Crippen LogP contribution is 2.24. The molecule has 1 atom stereocenters. The summed E-state index contributed by atoms with van der Waals surface area (Å²) in [5, 5.41) is 4.22. The molecule has 1 N–H and O–H groups in total. The first-order valence-corrected chi connectivity index (χ1v) is 9.71. The summed E-state index contributed by atoms with van der Waals surface area (Å²) >= 11 is 18.4. The Hall–Kier alpha value is -1.75. The third-order valence-electron chi connectivity index (χ3n) is 4.17. The zero-order valence-corrected chi connectivity index (χ0v) is 17.4. The van der Waals surface area contributed by atoms with Gasteiger partial charge in [0.2, 0.25) is 11.8 Å². The Bertz CT molecular complexity index is 827. The summed E-state index contributed by atoms with van der Waals surface area (Å²) in [5.74, 6) is -0.442. The van der Waals surface area contributed by atoms with Crippen LogP contribution in [0.3, 0.4) is 0 Å². The molecule has 4 nitrogen and oxygen atoms in total. The first-order chi connectivity index (χ1) is 12.8. The van der Waals surface area contributed by atoms with Crippen LogP contribution >= 0.6 is 34.8 Å². The van der Waals surface area contributed by atoms with Gasteiger partial charge in [0, 0.05) is 28.2 Å². The van der Waals surface area contributed by atoms with Crippen molar-refractivity contribution in [3.63, 3.8) is 0 Å². The van der Waals surface area contributed by atoms with E-state index in [0.29, 0.717) is 32.7 Å². The standard InChI is InChI=1S/C20H21Cl3N2O2/c1-3-24-20(27)13(2)25(12-15-8-9-16(21)11-18(15)23)19(26)10-14-6-4-5-7-17(14)22/h4-9,11,13H,3,10,12H2,1-2H3,(H,24,27)/t13-/m0/s1. The van der Waals surface area contributed by atoms with Crippen LogP contribution in [0.15, 0.2) is 42.5 Å². The van der Waals surface area contributed by atoms with E-state index in [1.165, 1.54) is 4.90 Å². The lowest BCUT2D eigenvalue weighted by Crippen LogP contribution is -2.48. The van der Waals surface area contributed by atoms with Crippen LogP contribution in [-0.2, 0) is 22.6 Å². The fourth-order valence-corrected chi connectivity index (χ4v) is 3.32. The molecule has 0 radical (unpaired) electrons. The average Bonchev–Trinajstić information content (AvgIpc) is 2.62. The minimum Gasteiger partial charge on any atom is -0.355 e. The first-order valence-electron chi connectivity index (χ1n) is 8.58. The molecule has 0 bridgehead atoms. The number of benzene rings is 2. The van der Waals surface area contributed by atoms with E-state index in [2.05, 4.69) is 5.32 Å². The number of rotatable bonds is 7. The Balaban J connectivity index is 2.29. The fourth-order valence-electron chi connectivity index (χ4n) is 2.64. The summed E-state index contributed by atoms with van der Waals surface area (Å²) < 4.78 is 0. The van der Waals surface area contributed by atoms with Crippen molar-refractivity contribution in [2.75, 3.05) is 6.54 Å². The van der Waals surface area contributed by atoms with Crippen LogP contribution in [0.5, 0.6) is 0 Å². The number of halogens is 3. The van der Waals surface area contributed by atoms with Gasteiger partial charge in [0.25, 0.3) is 0 Å². The van der Waals surface area contributed by atoms with E-state index >= 15 is 0 Å². The lowest BCUT2D eigenvalue weighted by atomic mass is 10.1. The third-order valence-corrected chi connectivity index (χ3v) is 5.13. The van der Waals surface area contributed by atoms with Crippen LogP contribution in [0.4, 0.5) is 0 Å². The summed E-state index contributed by atoms with van der Waals surface area (Å²) in [4.78, 5) is 26.9. The molecule has 144 valence electrons. The van der Waals surface area contributed by atoms with E-state index in [0.717, 1.165) is 0 Å². The summed E-state index contributed by atoms with van der Waals surface area (Å²) in [6.45, 7) is 4.20. The topological polar surface area (TPSA) is 49.4 Å². The molecule has 27 heavy (non-hydrogen) atoms. The minimum atomic E-state index is -0.660. The molecular weight excluding hydrogens is 407 g/mol. The van der Waals surface area contributed by atoms with Crippen LogP contribution in [0.2, 0.25) is 15.1 Å².